The molecule has 0 amide bonds. The Morgan fingerprint density at radius 3 is 2.88 bits per heavy atom. The third-order valence-corrected chi connectivity index (χ3v) is 3.79. The molecule has 0 aromatic carbocycles. The Hall–Kier alpha value is -0.940. The number of hydrogen-bond acceptors (Lipinski definition) is 4. The lowest BCUT2D eigenvalue weighted by molar-refractivity contribution is 0.553. The van der Waals surface area contributed by atoms with Crippen LogP contribution in [0.3, 0.4) is 0 Å². The summed E-state index contributed by atoms with van der Waals surface area (Å²) in [6.45, 7) is 2.02. The number of halogens is 1. The average Bonchev–Trinajstić information content (AvgIpc) is 2.72. The molecule has 2 aromatic heterocycles. The predicted octanol–water partition coefficient (Wildman–Crippen LogP) is 2.85. The van der Waals surface area contributed by atoms with E-state index in [1.807, 2.05) is 31.5 Å². The fourth-order valence-electron chi connectivity index (χ4n) is 1.70. The molecule has 0 aliphatic rings. The standard InChI is InChI=1S/C12H14ClN3S/c1-8-4-9(7-15-6-8)11(16-14)5-10-2-3-12(13)17-10/h2-4,6-7,11,16H,5,14H2,1H3. The number of hydrogen-bond donors (Lipinski definition) is 2. The van der Waals surface area contributed by atoms with Crippen molar-refractivity contribution >= 4 is 22.9 Å². The number of rotatable bonds is 4. The summed E-state index contributed by atoms with van der Waals surface area (Å²) in [5.41, 5.74) is 5.05. The third kappa shape index (κ3) is 3.26. The molecule has 90 valence electrons. The molecule has 17 heavy (non-hydrogen) atoms. The van der Waals surface area contributed by atoms with Crippen molar-refractivity contribution in [3.63, 3.8) is 0 Å². The van der Waals surface area contributed by atoms with Crippen LogP contribution in [0.2, 0.25) is 4.34 Å². The molecule has 0 aliphatic carbocycles. The Balaban J connectivity index is 2.16. The summed E-state index contributed by atoms with van der Waals surface area (Å²) in [6, 6.07) is 6.09. The number of nitrogens with one attached hydrogen (secondary N) is 1. The Bertz CT molecular complexity index is 498. The van der Waals surface area contributed by atoms with E-state index in [2.05, 4.69) is 16.5 Å². The van der Waals surface area contributed by atoms with Crippen LogP contribution in [0.15, 0.2) is 30.6 Å². The van der Waals surface area contributed by atoms with Gasteiger partial charge in [0.25, 0.3) is 0 Å². The summed E-state index contributed by atoms with van der Waals surface area (Å²) in [5.74, 6) is 5.60. The van der Waals surface area contributed by atoms with Crippen LogP contribution in [0.4, 0.5) is 0 Å². The summed E-state index contributed by atoms with van der Waals surface area (Å²) in [6.07, 6.45) is 4.49. The first-order valence-corrected chi connectivity index (χ1v) is 6.50. The Labute approximate surface area is 110 Å². The van der Waals surface area contributed by atoms with Crippen LogP contribution in [0.5, 0.6) is 0 Å². The number of hydrazine groups is 1. The monoisotopic (exact) mass is 267 g/mol. The minimum atomic E-state index is 0.0668. The molecule has 2 heterocycles. The van der Waals surface area contributed by atoms with E-state index in [-0.39, 0.29) is 6.04 Å². The number of nitrogens with zero attached hydrogens (tertiary/aromatic N) is 1. The van der Waals surface area contributed by atoms with Gasteiger partial charge in [-0.1, -0.05) is 17.7 Å². The van der Waals surface area contributed by atoms with Gasteiger partial charge in [-0.25, -0.2) is 0 Å². The van der Waals surface area contributed by atoms with Crippen LogP contribution in [-0.2, 0) is 6.42 Å². The van der Waals surface area contributed by atoms with E-state index in [0.717, 1.165) is 21.9 Å². The lowest BCUT2D eigenvalue weighted by atomic mass is 10.0. The second kappa shape index (κ2) is 5.60. The lowest BCUT2D eigenvalue weighted by Crippen LogP contribution is -2.29. The molecule has 2 rings (SSSR count). The molecule has 0 aliphatic heterocycles. The van der Waals surface area contributed by atoms with Gasteiger partial charge in [0.1, 0.15) is 0 Å². The van der Waals surface area contributed by atoms with E-state index in [1.165, 1.54) is 4.88 Å². The van der Waals surface area contributed by atoms with Crippen LogP contribution in [0.1, 0.15) is 22.0 Å². The molecule has 0 bridgehead atoms. The fraction of sp³-hybridized carbons (Fsp3) is 0.250. The van der Waals surface area contributed by atoms with Gasteiger partial charge in [0.15, 0.2) is 0 Å². The zero-order valence-corrected chi connectivity index (χ0v) is 11.1. The van der Waals surface area contributed by atoms with E-state index >= 15 is 0 Å². The van der Waals surface area contributed by atoms with Crippen LogP contribution in [0, 0.1) is 6.92 Å². The molecule has 3 nitrogen and oxygen atoms in total. The van der Waals surface area contributed by atoms with Crippen molar-refractivity contribution in [1.29, 1.82) is 0 Å². The molecule has 0 spiro atoms. The second-order valence-corrected chi connectivity index (χ2v) is 5.72. The smallest absolute Gasteiger partial charge is 0.0931 e. The molecule has 2 aromatic rings. The number of nitrogens with two attached hydrogens (primary N) is 1. The maximum absolute atomic E-state index is 5.91. The number of aromatic nitrogens is 1. The highest BCUT2D eigenvalue weighted by atomic mass is 35.5. The number of thiophene rings is 1. The summed E-state index contributed by atoms with van der Waals surface area (Å²) >= 11 is 7.49. The molecular formula is C12H14ClN3S. The van der Waals surface area contributed by atoms with Crippen molar-refractivity contribution in [3.8, 4) is 0 Å². The van der Waals surface area contributed by atoms with Gasteiger partial charge in [-0.15, -0.1) is 11.3 Å². The average molecular weight is 268 g/mol. The van der Waals surface area contributed by atoms with Gasteiger partial charge in [-0.2, -0.15) is 0 Å². The maximum atomic E-state index is 5.91. The molecule has 0 radical (unpaired) electrons. The van der Waals surface area contributed by atoms with Crippen molar-refractivity contribution < 1.29 is 0 Å². The van der Waals surface area contributed by atoms with Gasteiger partial charge in [0.05, 0.1) is 10.4 Å². The number of aryl methyl sites for hydroxylation is 1. The molecule has 0 saturated heterocycles. The van der Waals surface area contributed by atoms with Gasteiger partial charge in [0.2, 0.25) is 0 Å². The van der Waals surface area contributed by atoms with Gasteiger partial charge < -0.3 is 0 Å². The SMILES string of the molecule is Cc1cncc(C(Cc2ccc(Cl)s2)NN)c1. The van der Waals surface area contributed by atoms with Crippen LogP contribution in [-0.4, -0.2) is 4.98 Å². The van der Waals surface area contributed by atoms with Gasteiger partial charge >= 0.3 is 0 Å². The third-order valence-electron chi connectivity index (χ3n) is 2.53. The first-order valence-electron chi connectivity index (χ1n) is 5.31. The first-order chi connectivity index (χ1) is 8.19. The minimum absolute atomic E-state index is 0.0668. The summed E-state index contributed by atoms with van der Waals surface area (Å²) in [5, 5.41) is 0. The van der Waals surface area contributed by atoms with Gasteiger partial charge in [-0.05, 0) is 30.2 Å². The normalized spacial score (nSPS) is 12.6. The van der Waals surface area contributed by atoms with Crippen molar-refractivity contribution in [3.05, 3.63) is 50.9 Å². The van der Waals surface area contributed by atoms with Crippen molar-refractivity contribution in [2.45, 2.75) is 19.4 Å². The summed E-state index contributed by atoms with van der Waals surface area (Å²) in [4.78, 5) is 5.39. The predicted molar refractivity (Wildman–Crippen MR) is 72.1 cm³/mol. The summed E-state index contributed by atoms with van der Waals surface area (Å²) < 4.78 is 0.804. The first kappa shape index (κ1) is 12.5. The Morgan fingerprint density at radius 1 is 1.47 bits per heavy atom. The number of pyridine rings is 1. The van der Waals surface area contributed by atoms with Crippen LogP contribution < -0.4 is 11.3 Å². The fourth-order valence-corrected chi connectivity index (χ4v) is 2.84. The molecule has 0 fully saturated rings. The Morgan fingerprint density at radius 2 is 2.29 bits per heavy atom. The molecule has 1 atom stereocenters. The van der Waals surface area contributed by atoms with E-state index in [9.17, 15) is 0 Å². The highest BCUT2D eigenvalue weighted by molar-refractivity contribution is 7.16. The highest BCUT2D eigenvalue weighted by Crippen LogP contribution is 2.26. The highest BCUT2D eigenvalue weighted by Gasteiger charge is 2.12. The molecule has 5 heteroatoms. The topological polar surface area (TPSA) is 50.9 Å². The van der Waals surface area contributed by atoms with E-state index in [4.69, 9.17) is 17.4 Å². The molecule has 1 unspecified atom stereocenters. The van der Waals surface area contributed by atoms with Crippen LogP contribution >= 0.6 is 22.9 Å². The van der Waals surface area contributed by atoms with Crippen molar-refractivity contribution in [1.82, 2.24) is 10.4 Å². The zero-order chi connectivity index (χ0) is 12.3. The summed E-state index contributed by atoms with van der Waals surface area (Å²) in [7, 11) is 0. The maximum Gasteiger partial charge on any atom is 0.0931 e. The molecule has 3 N–H and O–H groups in total. The van der Waals surface area contributed by atoms with E-state index in [1.54, 1.807) is 11.3 Å². The largest absolute Gasteiger partial charge is 0.271 e. The van der Waals surface area contributed by atoms with Crippen LogP contribution in [0.25, 0.3) is 0 Å². The zero-order valence-electron chi connectivity index (χ0n) is 9.48. The van der Waals surface area contributed by atoms with Gasteiger partial charge in [-0.3, -0.25) is 16.3 Å². The van der Waals surface area contributed by atoms with Gasteiger partial charge in [0, 0.05) is 23.7 Å². The van der Waals surface area contributed by atoms with E-state index < -0.39 is 0 Å². The van der Waals surface area contributed by atoms with Crippen molar-refractivity contribution in [2.75, 3.05) is 0 Å². The van der Waals surface area contributed by atoms with Crippen molar-refractivity contribution in [2.24, 2.45) is 5.84 Å². The molecular weight excluding hydrogens is 254 g/mol. The quantitative estimate of drug-likeness (QED) is 0.662. The van der Waals surface area contributed by atoms with E-state index in [0.29, 0.717) is 0 Å². The lowest BCUT2D eigenvalue weighted by Gasteiger charge is -2.15. The molecule has 0 saturated carbocycles. The Kier molecular flexibility index (Phi) is 4.12. The minimum Gasteiger partial charge on any atom is -0.271 e. The second-order valence-electron chi connectivity index (χ2n) is 3.92.